The van der Waals surface area contributed by atoms with Crippen molar-refractivity contribution in [2.75, 3.05) is 11.9 Å². The van der Waals surface area contributed by atoms with Crippen molar-refractivity contribution >= 4 is 52.5 Å². The predicted molar refractivity (Wildman–Crippen MR) is 105 cm³/mol. The normalized spacial score (nSPS) is 15.2. The second-order valence-corrected chi connectivity index (χ2v) is 6.69. The van der Waals surface area contributed by atoms with Crippen molar-refractivity contribution < 1.29 is 22.7 Å². The fourth-order valence-corrected chi connectivity index (χ4v) is 3.18. The molecule has 1 heterocycles. The molecular weight excluding hydrogens is 414 g/mol. The van der Waals surface area contributed by atoms with Gasteiger partial charge in [0.2, 0.25) is 0 Å². The molecule has 0 saturated carbocycles. The van der Waals surface area contributed by atoms with E-state index in [2.05, 4.69) is 5.32 Å². The number of anilines is 1. The smallest absolute Gasteiger partial charge is 0.416 e. The van der Waals surface area contributed by atoms with E-state index >= 15 is 0 Å². The number of ether oxygens (including phenoxy) is 1. The number of benzene rings is 2. The summed E-state index contributed by atoms with van der Waals surface area (Å²) in [5.41, 5.74) is 1.40. The first-order valence-electron chi connectivity index (χ1n) is 8.23. The SMILES string of the molecule is CCO/C=C\c1cc(Cl)c(Cl)c2c1/C(=C/c1ccc(C(F)(F)F)cc1)C(=O)N2. The molecule has 1 aliphatic rings. The molecule has 0 spiro atoms. The lowest BCUT2D eigenvalue weighted by atomic mass is 9.98. The zero-order valence-corrected chi connectivity index (χ0v) is 16.0. The monoisotopic (exact) mass is 427 g/mol. The van der Waals surface area contributed by atoms with Gasteiger partial charge in [-0.2, -0.15) is 13.2 Å². The lowest BCUT2D eigenvalue weighted by Crippen LogP contribution is -2.05. The molecule has 0 bridgehead atoms. The van der Waals surface area contributed by atoms with E-state index in [-0.39, 0.29) is 15.6 Å². The number of halogens is 5. The zero-order chi connectivity index (χ0) is 20.5. The summed E-state index contributed by atoms with van der Waals surface area (Å²) in [6.45, 7) is 2.29. The van der Waals surface area contributed by atoms with E-state index in [4.69, 9.17) is 27.9 Å². The number of nitrogens with one attached hydrogen (secondary N) is 1. The number of fused-ring (bicyclic) bond motifs is 1. The molecule has 0 aromatic heterocycles. The van der Waals surface area contributed by atoms with Gasteiger partial charge in [0.25, 0.3) is 5.91 Å². The minimum Gasteiger partial charge on any atom is -0.501 e. The first-order chi connectivity index (χ1) is 13.2. The highest BCUT2D eigenvalue weighted by Crippen LogP contribution is 2.44. The summed E-state index contributed by atoms with van der Waals surface area (Å²) < 4.78 is 43.4. The van der Waals surface area contributed by atoms with Crippen molar-refractivity contribution in [3.05, 3.63) is 68.9 Å². The quantitative estimate of drug-likeness (QED) is 0.445. The Morgan fingerprint density at radius 2 is 1.86 bits per heavy atom. The zero-order valence-electron chi connectivity index (χ0n) is 14.5. The summed E-state index contributed by atoms with van der Waals surface area (Å²) >= 11 is 12.4. The van der Waals surface area contributed by atoms with Crippen LogP contribution in [-0.2, 0) is 15.7 Å². The molecule has 28 heavy (non-hydrogen) atoms. The first-order valence-corrected chi connectivity index (χ1v) is 8.98. The highest BCUT2D eigenvalue weighted by Gasteiger charge is 2.31. The van der Waals surface area contributed by atoms with Crippen LogP contribution in [0.4, 0.5) is 18.9 Å². The van der Waals surface area contributed by atoms with E-state index in [0.29, 0.717) is 29.0 Å². The second kappa shape index (κ2) is 7.89. The van der Waals surface area contributed by atoms with Gasteiger partial charge in [0.15, 0.2) is 0 Å². The molecule has 0 aliphatic carbocycles. The van der Waals surface area contributed by atoms with Crippen molar-refractivity contribution in [1.82, 2.24) is 0 Å². The Morgan fingerprint density at radius 3 is 2.46 bits per heavy atom. The molecule has 1 aliphatic heterocycles. The Morgan fingerprint density at radius 1 is 1.18 bits per heavy atom. The lowest BCUT2D eigenvalue weighted by Gasteiger charge is -2.09. The molecule has 0 saturated heterocycles. The van der Waals surface area contributed by atoms with Crippen LogP contribution in [0.3, 0.4) is 0 Å². The maximum absolute atomic E-state index is 12.7. The van der Waals surface area contributed by atoms with Gasteiger partial charge in [-0.3, -0.25) is 4.79 Å². The summed E-state index contributed by atoms with van der Waals surface area (Å²) in [7, 11) is 0. The molecule has 1 amide bonds. The van der Waals surface area contributed by atoms with Gasteiger partial charge < -0.3 is 10.1 Å². The van der Waals surface area contributed by atoms with Gasteiger partial charge in [0.1, 0.15) is 0 Å². The fourth-order valence-electron chi connectivity index (χ4n) is 2.77. The third kappa shape index (κ3) is 4.03. The molecule has 3 rings (SSSR count). The van der Waals surface area contributed by atoms with Crippen LogP contribution in [-0.4, -0.2) is 12.5 Å². The summed E-state index contributed by atoms with van der Waals surface area (Å²) in [5.74, 6) is -0.426. The molecule has 0 fully saturated rings. The van der Waals surface area contributed by atoms with Crippen LogP contribution in [0, 0.1) is 0 Å². The summed E-state index contributed by atoms with van der Waals surface area (Å²) in [5, 5.41) is 3.11. The van der Waals surface area contributed by atoms with Crippen LogP contribution in [0.15, 0.2) is 36.6 Å². The predicted octanol–water partition coefficient (Wildman–Crippen LogP) is 6.51. The summed E-state index contributed by atoms with van der Waals surface area (Å²) in [6, 6.07) is 6.12. The number of alkyl halides is 3. The lowest BCUT2D eigenvalue weighted by molar-refractivity contribution is -0.137. The van der Waals surface area contributed by atoms with E-state index in [1.807, 2.05) is 6.92 Å². The molecule has 0 atom stereocenters. The van der Waals surface area contributed by atoms with Gasteiger partial charge in [-0.1, -0.05) is 35.3 Å². The number of amides is 1. The number of hydrogen-bond donors (Lipinski definition) is 1. The van der Waals surface area contributed by atoms with Crippen molar-refractivity contribution in [1.29, 1.82) is 0 Å². The Balaban J connectivity index is 2.09. The van der Waals surface area contributed by atoms with E-state index in [0.717, 1.165) is 12.1 Å². The standard InChI is InChI=1S/C20H14Cl2F3NO2/c1-2-28-8-7-12-10-15(21)17(22)18-16(12)14(19(27)26-18)9-11-3-5-13(6-4-11)20(23,24)25/h3-10H,2H2,1H3,(H,26,27)/b8-7-,14-9-. The van der Waals surface area contributed by atoms with Crippen molar-refractivity contribution in [2.24, 2.45) is 0 Å². The molecule has 2 aromatic rings. The largest absolute Gasteiger partial charge is 0.501 e. The van der Waals surface area contributed by atoms with Gasteiger partial charge in [-0.15, -0.1) is 0 Å². The highest BCUT2D eigenvalue weighted by atomic mass is 35.5. The number of rotatable bonds is 4. The Hall–Kier alpha value is -2.44. The van der Waals surface area contributed by atoms with Crippen LogP contribution in [0.1, 0.15) is 29.2 Å². The van der Waals surface area contributed by atoms with Crippen molar-refractivity contribution in [3.63, 3.8) is 0 Å². The van der Waals surface area contributed by atoms with Gasteiger partial charge in [0.05, 0.1) is 39.7 Å². The molecule has 8 heteroatoms. The molecular formula is C20H14Cl2F3NO2. The second-order valence-electron chi connectivity index (χ2n) is 5.90. The molecule has 1 N–H and O–H groups in total. The van der Waals surface area contributed by atoms with E-state index < -0.39 is 17.6 Å². The molecule has 2 aromatic carbocycles. The topological polar surface area (TPSA) is 38.3 Å². The summed E-state index contributed by atoms with van der Waals surface area (Å²) in [6.07, 6.45) is 0.192. The number of carbonyl (C=O) groups is 1. The highest BCUT2D eigenvalue weighted by molar-refractivity contribution is 6.47. The van der Waals surface area contributed by atoms with E-state index in [9.17, 15) is 18.0 Å². The van der Waals surface area contributed by atoms with Crippen LogP contribution in [0.2, 0.25) is 10.0 Å². The van der Waals surface area contributed by atoms with Gasteiger partial charge in [-0.05, 0) is 48.4 Å². The molecule has 0 radical (unpaired) electrons. The Bertz CT molecular complexity index is 980. The number of carbonyl (C=O) groups excluding carboxylic acids is 1. The average Bonchev–Trinajstić information content (AvgIpc) is 2.96. The Labute approximate surface area is 169 Å². The fraction of sp³-hybridized carbons (Fsp3) is 0.150. The average molecular weight is 428 g/mol. The minimum absolute atomic E-state index is 0.189. The third-order valence-electron chi connectivity index (χ3n) is 4.06. The maximum Gasteiger partial charge on any atom is 0.416 e. The van der Waals surface area contributed by atoms with E-state index in [1.165, 1.54) is 24.5 Å². The minimum atomic E-state index is -4.43. The van der Waals surface area contributed by atoms with Crippen LogP contribution >= 0.6 is 23.2 Å². The molecule has 0 unspecified atom stereocenters. The van der Waals surface area contributed by atoms with Crippen LogP contribution in [0.25, 0.3) is 17.7 Å². The van der Waals surface area contributed by atoms with Gasteiger partial charge in [-0.25, -0.2) is 0 Å². The summed E-state index contributed by atoms with van der Waals surface area (Å²) in [4.78, 5) is 12.5. The Kier molecular flexibility index (Phi) is 5.72. The number of hydrogen-bond acceptors (Lipinski definition) is 2. The van der Waals surface area contributed by atoms with Crippen LogP contribution < -0.4 is 5.32 Å². The van der Waals surface area contributed by atoms with Gasteiger partial charge in [0, 0.05) is 5.56 Å². The van der Waals surface area contributed by atoms with Crippen LogP contribution in [0.5, 0.6) is 0 Å². The van der Waals surface area contributed by atoms with Crippen molar-refractivity contribution in [2.45, 2.75) is 13.1 Å². The third-order valence-corrected chi connectivity index (χ3v) is 4.85. The molecule has 146 valence electrons. The maximum atomic E-state index is 12.7. The molecule has 3 nitrogen and oxygen atoms in total. The van der Waals surface area contributed by atoms with E-state index in [1.54, 1.807) is 12.1 Å². The van der Waals surface area contributed by atoms with Crippen molar-refractivity contribution in [3.8, 4) is 0 Å². The van der Waals surface area contributed by atoms with Gasteiger partial charge >= 0.3 is 6.18 Å². The first kappa shape index (κ1) is 20.3.